The van der Waals surface area contributed by atoms with Crippen LogP contribution in [0.5, 0.6) is 5.75 Å². The van der Waals surface area contributed by atoms with Crippen LogP contribution in [0.2, 0.25) is 0 Å². The van der Waals surface area contributed by atoms with Crippen molar-refractivity contribution in [3.63, 3.8) is 0 Å². The van der Waals surface area contributed by atoms with Gasteiger partial charge >= 0.3 is 0 Å². The lowest BCUT2D eigenvalue weighted by molar-refractivity contribution is -0.120. The molecule has 0 radical (unpaired) electrons. The fourth-order valence-corrected chi connectivity index (χ4v) is 3.73. The minimum absolute atomic E-state index is 0.105. The van der Waals surface area contributed by atoms with Crippen molar-refractivity contribution in [3.8, 4) is 5.75 Å². The zero-order valence-corrected chi connectivity index (χ0v) is 15.5. The number of hydrogen-bond acceptors (Lipinski definition) is 4. The molecule has 0 spiro atoms. The van der Waals surface area contributed by atoms with Gasteiger partial charge in [-0.1, -0.05) is 37.6 Å². The molecule has 1 atom stereocenters. The minimum Gasteiger partial charge on any atom is -0.491 e. The van der Waals surface area contributed by atoms with Gasteiger partial charge in [0.25, 0.3) is 0 Å². The molecule has 0 fully saturated rings. The normalized spacial score (nSPS) is 15.7. The standard InChI is InChI=1S/C20H22N2O3S/c1-2-3-12-25-16-10-6-4-8-14(16)21-19(23)13-18-20(24)22-15-9-5-7-11-17(15)26-18/h4-11,18H,2-3,12-13H2,1H3,(H,21,23)(H,22,24)/t18-/m1/s1. The number of nitrogens with one attached hydrogen (secondary N) is 2. The van der Waals surface area contributed by atoms with Crippen LogP contribution in [0.25, 0.3) is 0 Å². The predicted molar refractivity (Wildman–Crippen MR) is 105 cm³/mol. The lowest BCUT2D eigenvalue weighted by atomic mass is 10.2. The van der Waals surface area contributed by atoms with Gasteiger partial charge < -0.3 is 15.4 Å². The molecule has 0 bridgehead atoms. The third-order valence-corrected chi connectivity index (χ3v) is 5.27. The average Bonchev–Trinajstić information content (AvgIpc) is 2.64. The van der Waals surface area contributed by atoms with E-state index >= 15 is 0 Å². The Morgan fingerprint density at radius 1 is 1.19 bits per heavy atom. The molecule has 136 valence electrons. The van der Waals surface area contributed by atoms with Crippen LogP contribution in [0.4, 0.5) is 11.4 Å². The highest BCUT2D eigenvalue weighted by Crippen LogP contribution is 2.36. The Kier molecular flexibility index (Phi) is 6.17. The highest BCUT2D eigenvalue weighted by Gasteiger charge is 2.29. The van der Waals surface area contributed by atoms with E-state index in [4.69, 9.17) is 4.74 Å². The maximum atomic E-state index is 12.5. The molecule has 2 amide bonds. The zero-order chi connectivity index (χ0) is 18.4. The Bertz CT molecular complexity index is 794. The average molecular weight is 370 g/mol. The lowest BCUT2D eigenvalue weighted by Gasteiger charge is -2.23. The molecular weight excluding hydrogens is 348 g/mol. The van der Waals surface area contributed by atoms with Gasteiger partial charge in [-0.2, -0.15) is 0 Å². The molecule has 26 heavy (non-hydrogen) atoms. The molecule has 2 N–H and O–H groups in total. The molecule has 2 aromatic carbocycles. The number of para-hydroxylation sites is 3. The summed E-state index contributed by atoms with van der Waals surface area (Å²) < 4.78 is 5.74. The second-order valence-corrected chi connectivity index (χ2v) is 7.29. The van der Waals surface area contributed by atoms with E-state index in [-0.39, 0.29) is 18.2 Å². The van der Waals surface area contributed by atoms with E-state index in [2.05, 4.69) is 17.6 Å². The monoisotopic (exact) mass is 370 g/mol. The molecule has 6 heteroatoms. The summed E-state index contributed by atoms with van der Waals surface area (Å²) in [6.45, 7) is 2.71. The van der Waals surface area contributed by atoms with Gasteiger partial charge in [0.2, 0.25) is 11.8 Å². The predicted octanol–water partition coefficient (Wildman–Crippen LogP) is 4.31. The van der Waals surface area contributed by atoms with Gasteiger partial charge in [0.15, 0.2) is 0 Å². The Morgan fingerprint density at radius 3 is 2.81 bits per heavy atom. The smallest absolute Gasteiger partial charge is 0.238 e. The summed E-state index contributed by atoms with van der Waals surface area (Å²) in [7, 11) is 0. The Hall–Kier alpha value is -2.47. The Morgan fingerprint density at radius 2 is 1.96 bits per heavy atom. The van der Waals surface area contributed by atoms with Gasteiger partial charge in [0.1, 0.15) is 5.75 Å². The number of thioether (sulfide) groups is 1. The topological polar surface area (TPSA) is 67.4 Å². The molecule has 3 rings (SSSR count). The molecule has 0 saturated carbocycles. The molecule has 5 nitrogen and oxygen atoms in total. The first kappa shape index (κ1) is 18.3. The van der Waals surface area contributed by atoms with Crippen molar-refractivity contribution in [2.24, 2.45) is 0 Å². The Balaban J connectivity index is 1.62. The van der Waals surface area contributed by atoms with E-state index in [1.54, 1.807) is 0 Å². The highest BCUT2D eigenvalue weighted by molar-refractivity contribution is 8.01. The fraction of sp³-hybridized carbons (Fsp3) is 0.300. The highest BCUT2D eigenvalue weighted by atomic mass is 32.2. The van der Waals surface area contributed by atoms with Crippen molar-refractivity contribution in [3.05, 3.63) is 48.5 Å². The van der Waals surface area contributed by atoms with Crippen molar-refractivity contribution >= 4 is 35.0 Å². The van der Waals surface area contributed by atoms with Crippen molar-refractivity contribution < 1.29 is 14.3 Å². The molecule has 1 aliphatic rings. The number of carbonyl (C=O) groups is 2. The number of carbonyl (C=O) groups excluding carboxylic acids is 2. The maximum Gasteiger partial charge on any atom is 0.238 e. The fourth-order valence-electron chi connectivity index (χ4n) is 2.62. The van der Waals surface area contributed by atoms with Crippen LogP contribution < -0.4 is 15.4 Å². The van der Waals surface area contributed by atoms with Crippen LogP contribution in [0.15, 0.2) is 53.4 Å². The third kappa shape index (κ3) is 4.58. The summed E-state index contributed by atoms with van der Waals surface area (Å²) in [5.41, 5.74) is 1.43. The van der Waals surface area contributed by atoms with Crippen LogP contribution >= 0.6 is 11.8 Å². The van der Waals surface area contributed by atoms with Crippen LogP contribution in [0.1, 0.15) is 26.2 Å². The molecular formula is C20H22N2O3S. The molecule has 0 unspecified atom stereocenters. The van der Waals surface area contributed by atoms with Crippen LogP contribution in [-0.2, 0) is 9.59 Å². The van der Waals surface area contributed by atoms with E-state index in [0.717, 1.165) is 23.4 Å². The second kappa shape index (κ2) is 8.76. The van der Waals surface area contributed by atoms with Gasteiger partial charge in [-0.15, -0.1) is 11.8 Å². The summed E-state index contributed by atoms with van der Waals surface area (Å²) in [6.07, 6.45) is 2.11. The van der Waals surface area contributed by atoms with E-state index in [1.165, 1.54) is 11.8 Å². The molecule has 0 aliphatic carbocycles. The zero-order valence-electron chi connectivity index (χ0n) is 14.7. The van der Waals surface area contributed by atoms with Crippen molar-refractivity contribution in [2.75, 3.05) is 17.2 Å². The lowest BCUT2D eigenvalue weighted by Crippen LogP contribution is -2.32. The Labute approximate surface area is 157 Å². The van der Waals surface area contributed by atoms with Gasteiger partial charge in [-0.3, -0.25) is 9.59 Å². The molecule has 2 aromatic rings. The number of rotatable bonds is 7. The first-order chi connectivity index (χ1) is 12.7. The van der Waals surface area contributed by atoms with Crippen LogP contribution in [0, 0.1) is 0 Å². The summed E-state index contributed by atoms with van der Waals surface area (Å²) in [5, 5.41) is 5.29. The number of ether oxygens (including phenoxy) is 1. The largest absolute Gasteiger partial charge is 0.491 e. The first-order valence-corrected chi connectivity index (χ1v) is 9.63. The van der Waals surface area contributed by atoms with Crippen molar-refractivity contribution in [1.82, 2.24) is 0 Å². The number of amides is 2. The number of benzene rings is 2. The van der Waals surface area contributed by atoms with E-state index in [0.29, 0.717) is 18.0 Å². The van der Waals surface area contributed by atoms with Crippen LogP contribution in [-0.4, -0.2) is 23.7 Å². The summed E-state index contributed by atoms with van der Waals surface area (Å²) in [6, 6.07) is 15.0. The summed E-state index contributed by atoms with van der Waals surface area (Å²) in [5.74, 6) is 0.306. The van der Waals surface area contributed by atoms with Gasteiger partial charge in [-0.25, -0.2) is 0 Å². The molecule has 0 aromatic heterocycles. The van der Waals surface area contributed by atoms with Crippen molar-refractivity contribution in [2.45, 2.75) is 36.3 Å². The van der Waals surface area contributed by atoms with E-state index in [9.17, 15) is 9.59 Å². The quantitative estimate of drug-likeness (QED) is 0.713. The van der Waals surface area contributed by atoms with E-state index < -0.39 is 5.25 Å². The van der Waals surface area contributed by atoms with Crippen molar-refractivity contribution in [1.29, 1.82) is 0 Å². The number of hydrogen-bond donors (Lipinski definition) is 2. The number of unbranched alkanes of at least 4 members (excludes halogenated alkanes) is 1. The van der Waals surface area contributed by atoms with Gasteiger partial charge in [0.05, 0.1) is 23.2 Å². The second-order valence-electron chi connectivity index (χ2n) is 6.04. The number of anilines is 2. The number of fused-ring (bicyclic) bond motifs is 1. The maximum absolute atomic E-state index is 12.5. The minimum atomic E-state index is -0.446. The molecule has 1 heterocycles. The van der Waals surface area contributed by atoms with Gasteiger partial charge in [-0.05, 0) is 30.7 Å². The summed E-state index contributed by atoms with van der Waals surface area (Å²) >= 11 is 1.42. The van der Waals surface area contributed by atoms with Crippen LogP contribution in [0.3, 0.4) is 0 Å². The molecule has 1 aliphatic heterocycles. The third-order valence-electron chi connectivity index (χ3n) is 3.99. The van der Waals surface area contributed by atoms with Gasteiger partial charge in [0, 0.05) is 11.3 Å². The van der Waals surface area contributed by atoms with E-state index in [1.807, 2.05) is 48.5 Å². The first-order valence-electron chi connectivity index (χ1n) is 8.75. The summed E-state index contributed by atoms with van der Waals surface area (Å²) in [4.78, 5) is 25.7. The SMILES string of the molecule is CCCCOc1ccccc1NC(=O)C[C@H]1Sc2ccccc2NC1=O. The molecule has 0 saturated heterocycles.